The molecule has 0 N–H and O–H groups in total. The van der Waals surface area contributed by atoms with Crippen molar-refractivity contribution in [2.45, 2.75) is 33.6 Å². The third kappa shape index (κ3) is 4.85. The van der Waals surface area contributed by atoms with Gasteiger partial charge in [-0.2, -0.15) is 0 Å². The van der Waals surface area contributed by atoms with E-state index in [0.717, 1.165) is 49.4 Å². The molecule has 0 spiro atoms. The van der Waals surface area contributed by atoms with E-state index < -0.39 is 0 Å². The number of esters is 1. The summed E-state index contributed by atoms with van der Waals surface area (Å²) < 4.78 is 11.0. The lowest BCUT2D eigenvalue weighted by Gasteiger charge is -2.30. The standard InChI is InChI=1S/C18H26ClNO3/c1-4-22-18(21)15-7-9-20(10-8-15)11-12-23-17-14(3)6-5-13(2)16(17)19/h5-6,15H,4,7-12H2,1-3H3. The number of hydrogen-bond donors (Lipinski definition) is 0. The Kier molecular flexibility index (Phi) is 6.72. The molecule has 128 valence electrons. The maximum absolute atomic E-state index is 11.7. The number of ether oxygens (including phenoxy) is 2. The molecule has 0 atom stereocenters. The van der Waals surface area contributed by atoms with Gasteiger partial charge in [0.2, 0.25) is 0 Å². The maximum Gasteiger partial charge on any atom is 0.309 e. The third-order valence-electron chi connectivity index (χ3n) is 4.35. The molecule has 1 aromatic rings. The molecule has 1 saturated heterocycles. The number of piperidine rings is 1. The molecule has 0 bridgehead atoms. The van der Waals surface area contributed by atoms with Crippen LogP contribution in [0.15, 0.2) is 12.1 Å². The number of likely N-dealkylation sites (tertiary alicyclic amines) is 1. The smallest absolute Gasteiger partial charge is 0.309 e. The minimum atomic E-state index is -0.0504. The number of aryl methyl sites for hydroxylation is 2. The highest BCUT2D eigenvalue weighted by molar-refractivity contribution is 6.32. The largest absolute Gasteiger partial charge is 0.490 e. The Morgan fingerprint density at radius 2 is 1.91 bits per heavy atom. The second kappa shape index (κ2) is 8.55. The molecule has 0 aromatic heterocycles. The fourth-order valence-corrected chi connectivity index (χ4v) is 3.12. The van der Waals surface area contributed by atoms with Crippen LogP contribution in [0.1, 0.15) is 30.9 Å². The Balaban J connectivity index is 1.76. The van der Waals surface area contributed by atoms with Crippen molar-refractivity contribution in [1.29, 1.82) is 0 Å². The van der Waals surface area contributed by atoms with E-state index in [2.05, 4.69) is 4.90 Å². The molecular formula is C18H26ClNO3. The van der Waals surface area contributed by atoms with Crippen molar-refractivity contribution in [3.8, 4) is 5.75 Å². The SMILES string of the molecule is CCOC(=O)C1CCN(CCOc2c(C)ccc(C)c2Cl)CC1. The summed E-state index contributed by atoms with van der Waals surface area (Å²) >= 11 is 6.31. The molecule has 1 aliphatic heterocycles. The van der Waals surface area contributed by atoms with Crippen molar-refractivity contribution in [1.82, 2.24) is 4.90 Å². The van der Waals surface area contributed by atoms with Gasteiger partial charge in [0.25, 0.3) is 0 Å². The Hall–Kier alpha value is -1.26. The predicted octanol–water partition coefficient (Wildman–Crippen LogP) is 3.61. The van der Waals surface area contributed by atoms with Crippen LogP contribution in [0.3, 0.4) is 0 Å². The molecule has 0 amide bonds. The summed E-state index contributed by atoms with van der Waals surface area (Å²) in [4.78, 5) is 14.1. The zero-order valence-electron chi connectivity index (χ0n) is 14.2. The lowest BCUT2D eigenvalue weighted by atomic mass is 9.97. The Morgan fingerprint density at radius 3 is 2.57 bits per heavy atom. The quantitative estimate of drug-likeness (QED) is 0.742. The van der Waals surface area contributed by atoms with Crippen LogP contribution < -0.4 is 4.74 Å². The summed E-state index contributed by atoms with van der Waals surface area (Å²) in [7, 11) is 0. The van der Waals surface area contributed by atoms with Gasteiger partial charge in [0.1, 0.15) is 12.4 Å². The van der Waals surface area contributed by atoms with E-state index in [1.165, 1.54) is 0 Å². The number of benzene rings is 1. The molecule has 4 nitrogen and oxygen atoms in total. The van der Waals surface area contributed by atoms with Gasteiger partial charge in [0.15, 0.2) is 0 Å². The predicted molar refractivity (Wildman–Crippen MR) is 92.2 cm³/mol. The first-order chi connectivity index (χ1) is 11.0. The minimum absolute atomic E-state index is 0.0504. The molecule has 1 fully saturated rings. The number of carbonyl (C=O) groups excluding carboxylic acids is 1. The average molecular weight is 340 g/mol. The van der Waals surface area contributed by atoms with Crippen molar-refractivity contribution in [2.75, 3.05) is 32.8 Å². The van der Waals surface area contributed by atoms with Crippen LogP contribution in [0.2, 0.25) is 5.02 Å². The Bertz CT molecular complexity index is 539. The van der Waals surface area contributed by atoms with Gasteiger partial charge in [-0.25, -0.2) is 0 Å². The first-order valence-electron chi connectivity index (χ1n) is 8.30. The van der Waals surface area contributed by atoms with Crippen molar-refractivity contribution in [3.63, 3.8) is 0 Å². The summed E-state index contributed by atoms with van der Waals surface area (Å²) in [6, 6.07) is 4.03. The number of nitrogens with zero attached hydrogens (tertiary/aromatic N) is 1. The maximum atomic E-state index is 11.7. The molecule has 2 rings (SSSR count). The van der Waals surface area contributed by atoms with Gasteiger partial charge < -0.3 is 9.47 Å². The summed E-state index contributed by atoms with van der Waals surface area (Å²) in [5, 5.41) is 0.700. The Labute approximate surface area is 143 Å². The average Bonchev–Trinajstić information content (AvgIpc) is 2.55. The fourth-order valence-electron chi connectivity index (χ4n) is 2.86. The van der Waals surface area contributed by atoms with E-state index in [0.29, 0.717) is 18.2 Å². The van der Waals surface area contributed by atoms with Gasteiger partial charge in [-0.05, 0) is 57.8 Å². The van der Waals surface area contributed by atoms with Crippen molar-refractivity contribution >= 4 is 17.6 Å². The number of rotatable bonds is 6. The number of carbonyl (C=O) groups is 1. The fraction of sp³-hybridized carbons (Fsp3) is 0.611. The van der Waals surface area contributed by atoms with Crippen molar-refractivity contribution in [2.24, 2.45) is 5.92 Å². The van der Waals surface area contributed by atoms with E-state index in [4.69, 9.17) is 21.1 Å². The monoisotopic (exact) mass is 339 g/mol. The molecule has 0 unspecified atom stereocenters. The van der Waals surface area contributed by atoms with E-state index in [9.17, 15) is 4.79 Å². The summed E-state index contributed by atoms with van der Waals surface area (Å²) in [5.41, 5.74) is 2.09. The summed E-state index contributed by atoms with van der Waals surface area (Å²) in [5.74, 6) is 0.791. The van der Waals surface area contributed by atoms with Crippen molar-refractivity contribution in [3.05, 3.63) is 28.3 Å². The Morgan fingerprint density at radius 1 is 1.26 bits per heavy atom. The van der Waals surface area contributed by atoms with Gasteiger partial charge in [0.05, 0.1) is 17.5 Å². The van der Waals surface area contributed by atoms with Gasteiger partial charge in [0, 0.05) is 6.54 Å². The first-order valence-corrected chi connectivity index (χ1v) is 8.68. The van der Waals surface area contributed by atoms with E-state index >= 15 is 0 Å². The molecule has 5 heteroatoms. The van der Waals surface area contributed by atoms with Crippen LogP contribution in [0.4, 0.5) is 0 Å². The minimum Gasteiger partial charge on any atom is -0.490 e. The van der Waals surface area contributed by atoms with Crippen LogP contribution >= 0.6 is 11.6 Å². The second-order valence-electron chi connectivity index (χ2n) is 6.06. The molecule has 0 saturated carbocycles. The zero-order chi connectivity index (χ0) is 16.8. The van der Waals surface area contributed by atoms with Gasteiger partial charge in [-0.1, -0.05) is 23.7 Å². The van der Waals surface area contributed by atoms with Gasteiger partial charge >= 0.3 is 5.97 Å². The number of halogens is 1. The third-order valence-corrected chi connectivity index (χ3v) is 4.82. The highest BCUT2D eigenvalue weighted by Crippen LogP contribution is 2.31. The summed E-state index contributed by atoms with van der Waals surface area (Å²) in [6.45, 7) is 9.57. The zero-order valence-corrected chi connectivity index (χ0v) is 15.0. The van der Waals surface area contributed by atoms with Gasteiger partial charge in [-0.3, -0.25) is 9.69 Å². The normalized spacial score (nSPS) is 16.3. The number of hydrogen-bond acceptors (Lipinski definition) is 4. The molecule has 1 aromatic carbocycles. The van der Waals surface area contributed by atoms with Crippen LogP contribution in [0.5, 0.6) is 5.75 Å². The van der Waals surface area contributed by atoms with Crippen molar-refractivity contribution < 1.29 is 14.3 Å². The topological polar surface area (TPSA) is 38.8 Å². The van der Waals surface area contributed by atoms with E-state index in [1.54, 1.807) is 0 Å². The van der Waals surface area contributed by atoms with E-state index in [-0.39, 0.29) is 11.9 Å². The molecule has 23 heavy (non-hydrogen) atoms. The second-order valence-corrected chi connectivity index (χ2v) is 6.44. The molecule has 0 radical (unpaired) electrons. The highest BCUT2D eigenvalue weighted by atomic mass is 35.5. The highest BCUT2D eigenvalue weighted by Gasteiger charge is 2.25. The van der Waals surface area contributed by atoms with Gasteiger partial charge in [-0.15, -0.1) is 0 Å². The molecular weight excluding hydrogens is 314 g/mol. The van der Waals surface area contributed by atoms with Crippen LogP contribution in [0, 0.1) is 19.8 Å². The van der Waals surface area contributed by atoms with Crippen LogP contribution in [-0.4, -0.2) is 43.7 Å². The lowest BCUT2D eigenvalue weighted by Crippen LogP contribution is -2.39. The molecule has 0 aliphatic carbocycles. The summed E-state index contributed by atoms with van der Waals surface area (Å²) in [6.07, 6.45) is 1.73. The van der Waals surface area contributed by atoms with E-state index in [1.807, 2.05) is 32.9 Å². The first kappa shape index (κ1) is 18.1. The molecule has 1 heterocycles. The molecule has 1 aliphatic rings. The van der Waals surface area contributed by atoms with Crippen LogP contribution in [-0.2, 0) is 9.53 Å². The lowest BCUT2D eigenvalue weighted by molar-refractivity contribution is -0.149. The van der Waals surface area contributed by atoms with Crippen LogP contribution in [0.25, 0.3) is 0 Å².